The van der Waals surface area contributed by atoms with E-state index in [0.717, 1.165) is 22.4 Å². The van der Waals surface area contributed by atoms with E-state index in [1.54, 1.807) is 0 Å². The molecule has 0 saturated carbocycles. The number of rotatable bonds is 8. The van der Waals surface area contributed by atoms with Gasteiger partial charge >= 0.3 is 5.69 Å². The number of anilines is 2. The number of aryl methyl sites for hydroxylation is 2. The molecular weight excluding hydrogens is 416 g/mol. The first kappa shape index (κ1) is 22.5. The molecule has 0 radical (unpaired) electrons. The van der Waals surface area contributed by atoms with Gasteiger partial charge in [0.25, 0.3) is 11.5 Å². The molecule has 164 valence electrons. The van der Waals surface area contributed by atoms with Crippen molar-refractivity contribution in [1.29, 1.82) is 0 Å². The first-order chi connectivity index (χ1) is 14.9. The summed E-state index contributed by atoms with van der Waals surface area (Å²) in [7, 11) is 1.51. The van der Waals surface area contributed by atoms with E-state index in [0.29, 0.717) is 4.88 Å². The molecule has 9 heteroatoms. The number of methoxy groups -OCH3 is 1. The summed E-state index contributed by atoms with van der Waals surface area (Å²) >= 11 is 1.39. The number of ether oxygens (including phenoxy) is 1. The molecule has 1 aromatic carbocycles. The van der Waals surface area contributed by atoms with E-state index in [2.05, 4.69) is 4.98 Å². The lowest BCUT2D eigenvalue weighted by Crippen LogP contribution is -2.42. The average Bonchev–Trinajstić information content (AvgIpc) is 3.14. The van der Waals surface area contributed by atoms with Gasteiger partial charge in [0.2, 0.25) is 0 Å². The highest BCUT2D eigenvalue weighted by Gasteiger charge is 2.26. The summed E-state index contributed by atoms with van der Waals surface area (Å²) in [4.78, 5) is 43.8. The number of carbonyl (C=O) groups excluding carboxylic acids is 1. The fourth-order valence-electron chi connectivity index (χ4n) is 3.37. The molecular formula is C22H26N4O4S. The number of amides is 1. The van der Waals surface area contributed by atoms with Crippen LogP contribution in [0.3, 0.4) is 0 Å². The summed E-state index contributed by atoms with van der Waals surface area (Å²) in [5.74, 6) is -0.419. The van der Waals surface area contributed by atoms with Gasteiger partial charge in [0.15, 0.2) is 5.69 Å². The highest BCUT2D eigenvalue weighted by molar-refractivity contribution is 7.14. The van der Waals surface area contributed by atoms with Crippen molar-refractivity contribution in [3.8, 4) is 0 Å². The predicted molar refractivity (Wildman–Crippen MR) is 123 cm³/mol. The standard InChI is InChI=1S/C22H26N4O4S/c1-4-16-14(2)12-17(31-16)21(28)25(10-11-30-3)18-19(23)26(22(29)24-20(18)27)13-15-8-6-5-7-9-15/h5-9,12H,4,10-11,13,23H2,1-3H3,(H,24,27,29). The van der Waals surface area contributed by atoms with Gasteiger partial charge < -0.3 is 10.5 Å². The van der Waals surface area contributed by atoms with Crippen LogP contribution in [-0.4, -0.2) is 35.7 Å². The third-order valence-corrected chi connectivity index (χ3v) is 6.35. The van der Waals surface area contributed by atoms with Crippen LogP contribution in [-0.2, 0) is 17.7 Å². The van der Waals surface area contributed by atoms with Gasteiger partial charge in [-0.3, -0.25) is 24.0 Å². The Morgan fingerprint density at radius 1 is 1.26 bits per heavy atom. The molecule has 31 heavy (non-hydrogen) atoms. The number of thiophene rings is 1. The number of H-pyrrole nitrogens is 1. The smallest absolute Gasteiger partial charge is 0.330 e. The molecule has 0 spiro atoms. The number of benzene rings is 1. The monoisotopic (exact) mass is 442 g/mol. The van der Waals surface area contributed by atoms with Gasteiger partial charge in [-0.05, 0) is 30.5 Å². The van der Waals surface area contributed by atoms with Gasteiger partial charge in [-0.2, -0.15) is 0 Å². The predicted octanol–water partition coefficient (Wildman–Crippen LogP) is 2.39. The molecule has 3 aromatic rings. The Kier molecular flexibility index (Phi) is 7.09. The van der Waals surface area contributed by atoms with Crippen LogP contribution >= 0.6 is 11.3 Å². The number of nitrogens with zero attached hydrogens (tertiary/aromatic N) is 2. The lowest BCUT2D eigenvalue weighted by Gasteiger charge is -2.24. The third kappa shape index (κ3) is 4.78. The molecule has 0 aliphatic carbocycles. The molecule has 1 amide bonds. The molecule has 0 fully saturated rings. The normalized spacial score (nSPS) is 10.9. The molecule has 3 rings (SSSR count). The first-order valence-corrected chi connectivity index (χ1v) is 10.8. The number of nitrogens with one attached hydrogen (secondary N) is 1. The zero-order chi connectivity index (χ0) is 22.5. The molecule has 0 atom stereocenters. The van der Waals surface area contributed by atoms with E-state index in [4.69, 9.17) is 10.5 Å². The van der Waals surface area contributed by atoms with Gasteiger partial charge in [-0.15, -0.1) is 11.3 Å². The zero-order valence-electron chi connectivity index (χ0n) is 17.8. The summed E-state index contributed by atoms with van der Waals surface area (Å²) in [6, 6.07) is 11.1. The van der Waals surface area contributed by atoms with E-state index in [9.17, 15) is 14.4 Å². The minimum Gasteiger partial charge on any atom is -0.383 e. The second-order valence-corrected chi connectivity index (χ2v) is 8.22. The molecule has 2 heterocycles. The van der Waals surface area contributed by atoms with Gasteiger partial charge in [0.05, 0.1) is 18.0 Å². The molecule has 0 bridgehead atoms. The highest BCUT2D eigenvalue weighted by atomic mass is 32.1. The first-order valence-electron chi connectivity index (χ1n) is 9.94. The van der Waals surface area contributed by atoms with Crippen molar-refractivity contribution < 1.29 is 9.53 Å². The molecule has 0 aliphatic heterocycles. The maximum absolute atomic E-state index is 13.4. The van der Waals surface area contributed by atoms with Gasteiger partial charge in [-0.1, -0.05) is 37.3 Å². The van der Waals surface area contributed by atoms with Crippen LogP contribution in [0.1, 0.15) is 32.6 Å². The molecule has 0 aliphatic rings. The van der Waals surface area contributed by atoms with Crippen LogP contribution in [0.5, 0.6) is 0 Å². The Hall–Kier alpha value is -3.17. The van der Waals surface area contributed by atoms with E-state index < -0.39 is 11.2 Å². The molecule has 3 N–H and O–H groups in total. The van der Waals surface area contributed by atoms with Crippen molar-refractivity contribution in [3.05, 3.63) is 78.1 Å². The summed E-state index contributed by atoms with van der Waals surface area (Å²) < 4.78 is 6.41. The summed E-state index contributed by atoms with van der Waals surface area (Å²) in [6.07, 6.45) is 0.812. The number of aromatic nitrogens is 2. The quantitative estimate of drug-likeness (QED) is 0.557. The van der Waals surface area contributed by atoms with Gasteiger partial charge in [-0.25, -0.2) is 4.79 Å². The van der Waals surface area contributed by atoms with Crippen molar-refractivity contribution in [3.63, 3.8) is 0 Å². The van der Waals surface area contributed by atoms with Crippen molar-refractivity contribution in [2.75, 3.05) is 30.9 Å². The molecule has 8 nitrogen and oxygen atoms in total. The fraction of sp³-hybridized carbons (Fsp3) is 0.318. The molecule has 0 unspecified atom stereocenters. The maximum atomic E-state index is 13.4. The average molecular weight is 443 g/mol. The number of aromatic amines is 1. The number of hydrogen-bond acceptors (Lipinski definition) is 6. The maximum Gasteiger partial charge on any atom is 0.330 e. The van der Waals surface area contributed by atoms with E-state index in [-0.39, 0.29) is 37.1 Å². The van der Waals surface area contributed by atoms with Crippen molar-refractivity contribution in [1.82, 2.24) is 9.55 Å². The SMILES string of the molecule is CCc1sc(C(=O)N(CCOC)c2c(N)n(Cc3ccccc3)c(=O)[nH]c2=O)cc1C. The lowest BCUT2D eigenvalue weighted by atomic mass is 10.2. The van der Waals surface area contributed by atoms with Crippen LogP contribution in [0.15, 0.2) is 46.0 Å². The van der Waals surface area contributed by atoms with E-state index in [1.165, 1.54) is 27.9 Å². The number of nitrogens with two attached hydrogens (primary N) is 1. The molecule has 2 aromatic heterocycles. The summed E-state index contributed by atoms with van der Waals surface area (Å²) in [6.45, 7) is 4.46. The Balaban J connectivity index is 2.10. The van der Waals surface area contributed by atoms with Crippen molar-refractivity contribution in [2.24, 2.45) is 0 Å². The lowest BCUT2D eigenvalue weighted by molar-refractivity contribution is 0.0979. The summed E-state index contributed by atoms with van der Waals surface area (Å²) in [5.41, 5.74) is 6.77. The van der Waals surface area contributed by atoms with Crippen molar-refractivity contribution in [2.45, 2.75) is 26.8 Å². The fourth-order valence-corrected chi connectivity index (χ4v) is 4.43. The zero-order valence-corrected chi connectivity index (χ0v) is 18.6. The largest absolute Gasteiger partial charge is 0.383 e. The van der Waals surface area contributed by atoms with Crippen LogP contribution in [0.2, 0.25) is 0 Å². The Morgan fingerprint density at radius 2 is 1.97 bits per heavy atom. The molecule has 0 saturated heterocycles. The number of nitrogen functional groups attached to an aromatic ring is 1. The van der Waals surface area contributed by atoms with Crippen LogP contribution < -0.4 is 21.9 Å². The minimum atomic E-state index is -0.708. The number of carbonyl (C=O) groups is 1. The Labute approximate surface area is 183 Å². The number of hydrogen-bond donors (Lipinski definition) is 2. The van der Waals surface area contributed by atoms with E-state index in [1.807, 2.05) is 50.2 Å². The second kappa shape index (κ2) is 9.76. The van der Waals surface area contributed by atoms with Crippen LogP contribution in [0.25, 0.3) is 0 Å². The second-order valence-electron chi connectivity index (χ2n) is 7.08. The van der Waals surface area contributed by atoms with E-state index >= 15 is 0 Å². The Morgan fingerprint density at radius 3 is 2.58 bits per heavy atom. The minimum absolute atomic E-state index is 0.0540. The highest BCUT2D eigenvalue weighted by Crippen LogP contribution is 2.26. The van der Waals surface area contributed by atoms with Gasteiger partial charge in [0, 0.05) is 18.5 Å². The third-order valence-electron chi connectivity index (χ3n) is 4.98. The Bertz CT molecular complexity index is 1180. The topological polar surface area (TPSA) is 110 Å². The van der Waals surface area contributed by atoms with Crippen molar-refractivity contribution >= 4 is 28.7 Å². The van der Waals surface area contributed by atoms with Crippen LogP contribution in [0.4, 0.5) is 11.5 Å². The summed E-state index contributed by atoms with van der Waals surface area (Å²) in [5, 5.41) is 0. The van der Waals surface area contributed by atoms with Gasteiger partial charge in [0.1, 0.15) is 5.82 Å². The van der Waals surface area contributed by atoms with Crippen LogP contribution in [0, 0.1) is 6.92 Å².